The van der Waals surface area contributed by atoms with Gasteiger partial charge in [-0.05, 0) is 13.0 Å². The smallest absolute Gasteiger partial charge is 0.176 e. The highest BCUT2D eigenvalue weighted by Crippen LogP contribution is 2.08. The summed E-state index contributed by atoms with van der Waals surface area (Å²) in [6.45, 7) is 3.17. The summed E-state index contributed by atoms with van der Waals surface area (Å²) < 4.78 is 22.6. The molecule has 5 heteroatoms. The molecule has 0 aliphatic carbocycles. The van der Waals surface area contributed by atoms with Gasteiger partial charge in [-0.3, -0.25) is 9.69 Å². The van der Waals surface area contributed by atoms with Crippen LogP contribution in [0.5, 0.6) is 0 Å². The molecule has 2 rings (SSSR count). The molecule has 0 spiro atoms. The van der Waals surface area contributed by atoms with E-state index in [1.807, 2.05) is 30.0 Å². The second-order valence-corrected chi connectivity index (χ2v) is 7.02. The molecular weight excluding hydrogens is 250 g/mol. The topological polar surface area (TPSA) is 54.5 Å². The Bertz CT molecular complexity index is 537. The number of nitrogens with zero attached hydrogens (tertiary/aromatic N) is 1. The number of Topliss-reactive ketones (excluding diaryl/α,β-unsaturated/α-hetero) is 1. The Hall–Kier alpha value is -1.20. The van der Waals surface area contributed by atoms with Crippen molar-refractivity contribution < 1.29 is 13.2 Å². The number of ketones is 1. The number of aryl methyl sites for hydroxylation is 1. The molecule has 0 saturated carbocycles. The zero-order valence-corrected chi connectivity index (χ0v) is 11.2. The molecular formula is C13H17NO3S. The molecule has 18 heavy (non-hydrogen) atoms. The summed E-state index contributed by atoms with van der Waals surface area (Å²) in [6.07, 6.45) is 0. The molecule has 1 aromatic rings. The van der Waals surface area contributed by atoms with E-state index in [9.17, 15) is 13.2 Å². The van der Waals surface area contributed by atoms with Gasteiger partial charge in [0.1, 0.15) is 0 Å². The van der Waals surface area contributed by atoms with Gasteiger partial charge >= 0.3 is 0 Å². The molecule has 0 unspecified atom stereocenters. The molecule has 98 valence electrons. The lowest BCUT2D eigenvalue weighted by atomic mass is 10.1. The minimum atomic E-state index is -2.88. The molecule has 1 aliphatic rings. The molecule has 0 bridgehead atoms. The Morgan fingerprint density at radius 1 is 1.28 bits per heavy atom. The van der Waals surface area contributed by atoms with Gasteiger partial charge in [-0.15, -0.1) is 0 Å². The average Bonchev–Trinajstić information content (AvgIpc) is 2.32. The molecule has 1 saturated heterocycles. The van der Waals surface area contributed by atoms with Gasteiger partial charge in [0, 0.05) is 18.7 Å². The number of benzene rings is 1. The first kappa shape index (κ1) is 13.2. The zero-order chi connectivity index (χ0) is 13.2. The summed E-state index contributed by atoms with van der Waals surface area (Å²) >= 11 is 0. The van der Waals surface area contributed by atoms with E-state index < -0.39 is 9.84 Å². The van der Waals surface area contributed by atoms with Crippen LogP contribution in [0.25, 0.3) is 0 Å². The van der Waals surface area contributed by atoms with E-state index in [2.05, 4.69) is 0 Å². The highest BCUT2D eigenvalue weighted by molar-refractivity contribution is 7.91. The lowest BCUT2D eigenvalue weighted by Crippen LogP contribution is -2.42. The van der Waals surface area contributed by atoms with Gasteiger partial charge in [-0.25, -0.2) is 8.42 Å². The predicted octanol–water partition coefficient (Wildman–Crippen LogP) is 0.908. The van der Waals surface area contributed by atoms with Crippen molar-refractivity contribution in [3.05, 3.63) is 35.4 Å². The van der Waals surface area contributed by atoms with E-state index in [4.69, 9.17) is 0 Å². The summed E-state index contributed by atoms with van der Waals surface area (Å²) in [6, 6.07) is 7.48. The first-order valence-corrected chi connectivity index (χ1v) is 7.81. The van der Waals surface area contributed by atoms with Crippen molar-refractivity contribution in [2.75, 3.05) is 31.1 Å². The second kappa shape index (κ2) is 5.20. The fourth-order valence-corrected chi connectivity index (χ4v) is 3.30. The largest absolute Gasteiger partial charge is 0.294 e. The van der Waals surface area contributed by atoms with Gasteiger partial charge in [-0.1, -0.05) is 23.8 Å². The lowest BCUT2D eigenvalue weighted by molar-refractivity contribution is 0.0936. The number of hydrogen-bond acceptors (Lipinski definition) is 4. The van der Waals surface area contributed by atoms with Crippen molar-refractivity contribution in [3.8, 4) is 0 Å². The van der Waals surface area contributed by atoms with E-state index in [0.717, 1.165) is 5.56 Å². The van der Waals surface area contributed by atoms with E-state index in [-0.39, 0.29) is 17.3 Å². The molecule has 0 N–H and O–H groups in total. The maximum atomic E-state index is 12.0. The Kier molecular flexibility index (Phi) is 3.82. The van der Waals surface area contributed by atoms with Crippen molar-refractivity contribution >= 4 is 15.6 Å². The van der Waals surface area contributed by atoms with Crippen molar-refractivity contribution in [1.82, 2.24) is 4.90 Å². The van der Waals surface area contributed by atoms with Gasteiger partial charge in [0.25, 0.3) is 0 Å². The van der Waals surface area contributed by atoms with Crippen LogP contribution in [0.1, 0.15) is 15.9 Å². The third kappa shape index (κ3) is 3.40. The van der Waals surface area contributed by atoms with Gasteiger partial charge in [-0.2, -0.15) is 0 Å². The van der Waals surface area contributed by atoms with Gasteiger partial charge in [0.2, 0.25) is 0 Å². The SMILES string of the molecule is Cc1cccc(C(=O)CN2CCS(=O)(=O)CC2)c1. The Morgan fingerprint density at radius 3 is 2.56 bits per heavy atom. The monoisotopic (exact) mass is 267 g/mol. The van der Waals surface area contributed by atoms with E-state index in [1.165, 1.54) is 0 Å². The first-order chi connectivity index (χ1) is 8.46. The van der Waals surface area contributed by atoms with Crippen LogP contribution in [0.3, 0.4) is 0 Å². The number of carbonyl (C=O) groups is 1. The molecule has 1 heterocycles. The third-order valence-electron chi connectivity index (χ3n) is 3.14. The first-order valence-electron chi connectivity index (χ1n) is 5.99. The molecule has 0 amide bonds. The summed E-state index contributed by atoms with van der Waals surface area (Å²) in [4.78, 5) is 13.9. The normalized spacial score (nSPS) is 19.6. The summed E-state index contributed by atoms with van der Waals surface area (Å²) in [5.74, 6) is 0.375. The molecule has 1 fully saturated rings. The van der Waals surface area contributed by atoms with Gasteiger partial charge in [0.15, 0.2) is 15.6 Å². The maximum Gasteiger partial charge on any atom is 0.176 e. The van der Waals surface area contributed by atoms with Crippen molar-refractivity contribution in [2.45, 2.75) is 6.92 Å². The summed E-state index contributed by atoms with van der Waals surface area (Å²) in [5.41, 5.74) is 1.76. The molecule has 0 aromatic heterocycles. The Balaban J connectivity index is 1.97. The minimum absolute atomic E-state index is 0.0537. The molecule has 0 atom stereocenters. The van der Waals surface area contributed by atoms with E-state index in [1.54, 1.807) is 6.07 Å². The van der Waals surface area contributed by atoms with Crippen LogP contribution in [0.15, 0.2) is 24.3 Å². The van der Waals surface area contributed by atoms with Crippen LogP contribution >= 0.6 is 0 Å². The summed E-state index contributed by atoms with van der Waals surface area (Å²) in [7, 11) is -2.88. The number of rotatable bonds is 3. The number of hydrogen-bond donors (Lipinski definition) is 0. The van der Waals surface area contributed by atoms with E-state index >= 15 is 0 Å². The number of carbonyl (C=O) groups excluding carboxylic acids is 1. The predicted molar refractivity (Wildman–Crippen MR) is 70.6 cm³/mol. The third-order valence-corrected chi connectivity index (χ3v) is 4.75. The fraction of sp³-hybridized carbons (Fsp3) is 0.462. The van der Waals surface area contributed by atoms with Crippen molar-refractivity contribution in [2.24, 2.45) is 0 Å². The van der Waals surface area contributed by atoms with E-state index in [0.29, 0.717) is 25.2 Å². The van der Waals surface area contributed by atoms with Crippen LogP contribution in [0.2, 0.25) is 0 Å². The standard InChI is InChI=1S/C13H17NO3S/c1-11-3-2-4-12(9-11)13(15)10-14-5-7-18(16,17)8-6-14/h2-4,9H,5-8,10H2,1H3. The van der Waals surface area contributed by atoms with Crippen LogP contribution in [0.4, 0.5) is 0 Å². The Labute approximate surface area is 108 Å². The van der Waals surface area contributed by atoms with Crippen LogP contribution in [-0.2, 0) is 9.84 Å². The molecule has 4 nitrogen and oxygen atoms in total. The van der Waals surface area contributed by atoms with Crippen molar-refractivity contribution in [1.29, 1.82) is 0 Å². The molecule has 1 aliphatic heterocycles. The van der Waals surface area contributed by atoms with Crippen LogP contribution in [0, 0.1) is 6.92 Å². The molecule has 1 aromatic carbocycles. The second-order valence-electron chi connectivity index (χ2n) is 4.72. The Morgan fingerprint density at radius 2 is 1.94 bits per heavy atom. The highest BCUT2D eigenvalue weighted by atomic mass is 32.2. The average molecular weight is 267 g/mol. The quantitative estimate of drug-likeness (QED) is 0.764. The maximum absolute atomic E-state index is 12.0. The highest BCUT2D eigenvalue weighted by Gasteiger charge is 2.23. The fourth-order valence-electron chi connectivity index (χ4n) is 2.02. The zero-order valence-electron chi connectivity index (χ0n) is 10.4. The van der Waals surface area contributed by atoms with Gasteiger partial charge in [0.05, 0.1) is 18.1 Å². The molecule has 0 radical (unpaired) electrons. The summed E-state index contributed by atoms with van der Waals surface area (Å²) in [5, 5.41) is 0. The van der Waals surface area contributed by atoms with Crippen LogP contribution < -0.4 is 0 Å². The van der Waals surface area contributed by atoms with Crippen LogP contribution in [-0.4, -0.2) is 50.2 Å². The van der Waals surface area contributed by atoms with Gasteiger partial charge < -0.3 is 0 Å². The minimum Gasteiger partial charge on any atom is -0.294 e. The lowest BCUT2D eigenvalue weighted by Gasteiger charge is -2.25. The number of sulfone groups is 1. The van der Waals surface area contributed by atoms with Crippen molar-refractivity contribution in [3.63, 3.8) is 0 Å².